The molecule has 5 fully saturated rings. The van der Waals surface area contributed by atoms with Crippen LogP contribution in [0.4, 0.5) is 0 Å². The van der Waals surface area contributed by atoms with Crippen LogP contribution in [0.15, 0.2) is 11.6 Å². The lowest BCUT2D eigenvalue weighted by atomic mass is 9.34. The van der Waals surface area contributed by atoms with Crippen LogP contribution in [0.2, 0.25) is 0 Å². The molecule has 4 aliphatic carbocycles. The van der Waals surface area contributed by atoms with E-state index in [1.54, 1.807) is 0 Å². The Labute approximate surface area is 270 Å². The lowest BCUT2D eigenvalue weighted by molar-refractivity contribution is -0.346. The average molecular weight is 639 g/mol. The number of aliphatic hydroxyl groups is 7. The second-order valence-corrected chi connectivity index (χ2v) is 17.5. The molecule has 0 spiro atoms. The minimum atomic E-state index is -1.54. The van der Waals surface area contributed by atoms with E-state index in [-0.39, 0.29) is 39.9 Å². The van der Waals surface area contributed by atoms with Gasteiger partial charge in [0.25, 0.3) is 0 Å². The van der Waals surface area contributed by atoms with Crippen molar-refractivity contribution in [2.24, 2.45) is 45.3 Å². The molecule has 260 valence electrons. The quantitative estimate of drug-likeness (QED) is 0.164. The largest absolute Gasteiger partial charge is 0.394 e. The van der Waals surface area contributed by atoms with E-state index in [1.807, 2.05) is 6.92 Å². The summed E-state index contributed by atoms with van der Waals surface area (Å²) in [6, 6.07) is 0. The molecule has 9 heteroatoms. The van der Waals surface area contributed by atoms with Gasteiger partial charge >= 0.3 is 0 Å². The first-order valence-electron chi connectivity index (χ1n) is 17.4. The Morgan fingerprint density at radius 1 is 0.933 bits per heavy atom. The molecule has 9 nitrogen and oxygen atoms in total. The lowest BCUT2D eigenvalue weighted by Crippen LogP contribution is -2.71. The van der Waals surface area contributed by atoms with Crippen LogP contribution < -0.4 is 0 Å². The maximum Gasteiger partial charge on any atom is 0.186 e. The molecule has 1 aliphatic heterocycles. The smallest absolute Gasteiger partial charge is 0.186 e. The standard InChI is InChI=1S/C36H62O9/c1-19(2)10-9-13-36(8,43)20-11-15-34(6)26(20)21(38)16-24-33(5)14-12-25(39)32(3,4)30(33)22(17-35(24,34)7)44-31-29(42)28(41)27(40)23(18-37)45-31/h10,20-31,37-43H,9,11-18H2,1-8H3/t20?,21-,22+,23+,24?,25?,26?,27+,28-,29+,30?,31+,33+,34-,35+,36+/m0/s1. The highest BCUT2D eigenvalue weighted by atomic mass is 16.7. The van der Waals surface area contributed by atoms with Gasteiger partial charge in [-0.25, -0.2) is 0 Å². The first-order valence-corrected chi connectivity index (χ1v) is 17.4. The summed E-state index contributed by atoms with van der Waals surface area (Å²) in [5, 5.41) is 77.2. The fourth-order valence-corrected chi connectivity index (χ4v) is 11.9. The molecule has 0 aromatic heterocycles. The van der Waals surface area contributed by atoms with Gasteiger partial charge < -0.3 is 45.2 Å². The van der Waals surface area contributed by atoms with Crippen molar-refractivity contribution in [1.29, 1.82) is 0 Å². The van der Waals surface area contributed by atoms with Crippen molar-refractivity contribution in [3.05, 3.63) is 11.6 Å². The predicted molar refractivity (Wildman–Crippen MR) is 170 cm³/mol. The molecule has 0 aromatic rings. The molecule has 1 saturated heterocycles. The van der Waals surface area contributed by atoms with Crippen molar-refractivity contribution < 1.29 is 45.2 Å². The summed E-state index contributed by atoms with van der Waals surface area (Å²) in [4.78, 5) is 0. The molecule has 7 N–H and O–H groups in total. The van der Waals surface area contributed by atoms with E-state index in [0.717, 1.165) is 25.7 Å². The van der Waals surface area contributed by atoms with Crippen molar-refractivity contribution in [2.45, 2.75) is 161 Å². The molecule has 0 radical (unpaired) electrons. The van der Waals surface area contributed by atoms with Crippen LogP contribution in [-0.4, -0.2) is 97.0 Å². The zero-order valence-corrected chi connectivity index (χ0v) is 28.8. The third-order valence-corrected chi connectivity index (χ3v) is 14.4. The molecule has 0 bridgehead atoms. The highest BCUT2D eigenvalue weighted by Gasteiger charge is 2.73. The molecule has 5 unspecified atom stereocenters. The van der Waals surface area contributed by atoms with E-state index < -0.39 is 66.6 Å². The summed E-state index contributed by atoms with van der Waals surface area (Å²) in [6.45, 7) is 16.6. The van der Waals surface area contributed by atoms with Crippen LogP contribution in [0.5, 0.6) is 0 Å². The van der Waals surface area contributed by atoms with E-state index in [0.29, 0.717) is 25.7 Å². The minimum absolute atomic E-state index is 0.0548. The molecular formula is C36H62O9. The van der Waals surface area contributed by atoms with Gasteiger partial charge in [0.1, 0.15) is 24.4 Å². The van der Waals surface area contributed by atoms with Gasteiger partial charge in [0.2, 0.25) is 0 Å². The number of hydrogen-bond donors (Lipinski definition) is 7. The first-order chi connectivity index (χ1) is 20.8. The Bertz CT molecular complexity index is 1100. The second-order valence-electron chi connectivity index (χ2n) is 17.5. The zero-order chi connectivity index (χ0) is 33.5. The molecule has 5 rings (SSSR count). The summed E-state index contributed by atoms with van der Waals surface area (Å²) in [5.41, 5.74) is -1.21. The third-order valence-electron chi connectivity index (χ3n) is 14.4. The highest BCUT2D eigenvalue weighted by molar-refractivity contribution is 5.22. The van der Waals surface area contributed by atoms with Gasteiger partial charge in [-0.15, -0.1) is 0 Å². The number of aliphatic hydroxyl groups excluding tert-OH is 6. The maximum absolute atomic E-state index is 12.1. The molecule has 5 aliphatic rings. The number of allylic oxidation sites excluding steroid dienone is 2. The number of fused-ring (bicyclic) bond motifs is 5. The molecule has 1 heterocycles. The Morgan fingerprint density at radius 2 is 1.60 bits per heavy atom. The summed E-state index contributed by atoms with van der Waals surface area (Å²) in [6.07, 6.45) is -0.603. The van der Waals surface area contributed by atoms with E-state index >= 15 is 0 Å². The fourth-order valence-electron chi connectivity index (χ4n) is 11.9. The molecule has 45 heavy (non-hydrogen) atoms. The van der Waals surface area contributed by atoms with Gasteiger partial charge in [-0.2, -0.15) is 0 Å². The van der Waals surface area contributed by atoms with E-state index in [1.165, 1.54) is 5.57 Å². The zero-order valence-electron chi connectivity index (χ0n) is 28.8. The normalized spacial score (nSPS) is 52.2. The van der Waals surface area contributed by atoms with Crippen LogP contribution in [0, 0.1) is 45.3 Å². The Hall–Kier alpha value is -0.620. The van der Waals surface area contributed by atoms with Crippen molar-refractivity contribution in [3.63, 3.8) is 0 Å². The van der Waals surface area contributed by atoms with Gasteiger partial charge in [-0.1, -0.05) is 46.3 Å². The lowest BCUT2D eigenvalue weighted by Gasteiger charge is -2.72. The third kappa shape index (κ3) is 5.48. The molecule has 4 saturated carbocycles. The molecule has 0 amide bonds. The van der Waals surface area contributed by atoms with Gasteiger partial charge in [0.15, 0.2) is 6.29 Å². The molecular weight excluding hydrogens is 576 g/mol. The van der Waals surface area contributed by atoms with Crippen LogP contribution in [0.25, 0.3) is 0 Å². The predicted octanol–water partition coefficient (Wildman–Crippen LogP) is 3.30. The number of ether oxygens (including phenoxy) is 2. The second kappa shape index (κ2) is 12.1. The monoisotopic (exact) mass is 638 g/mol. The molecule has 0 aromatic carbocycles. The van der Waals surface area contributed by atoms with Crippen LogP contribution >= 0.6 is 0 Å². The summed E-state index contributed by atoms with van der Waals surface area (Å²) in [7, 11) is 0. The number of hydrogen-bond acceptors (Lipinski definition) is 9. The topological polar surface area (TPSA) is 160 Å². The Kier molecular flexibility index (Phi) is 9.56. The number of rotatable bonds is 7. The summed E-state index contributed by atoms with van der Waals surface area (Å²) in [5.74, 6) is -0.186. The Balaban J connectivity index is 1.54. The summed E-state index contributed by atoms with van der Waals surface area (Å²) >= 11 is 0. The van der Waals surface area contributed by atoms with E-state index in [9.17, 15) is 35.7 Å². The molecule has 16 atom stereocenters. The van der Waals surface area contributed by atoms with Crippen LogP contribution in [0.3, 0.4) is 0 Å². The summed E-state index contributed by atoms with van der Waals surface area (Å²) < 4.78 is 12.6. The van der Waals surface area contributed by atoms with Crippen LogP contribution in [0.1, 0.15) is 107 Å². The van der Waals surface area contributed by atoms with Crippen LogP contribution in [-0.2, 0) is 9.47 Å². The van der Waals surface area contributed by atoms with E-state index in [4.69, 9.17) is 9.47 Å². The first kappa shape index (κ1) is 35.7. The van der Waals surface area contributed by atoms with Crippen molar-refractivity contribution in [1.82, 2.24) is 0 Å². The average Bonchev–Trinajstić information content (AvgIpc) is 3.33. The highest BCUT2D eigenvalue weighted by Crippen LogP contribution is 2.76. The Morgan fingerprint density at radius 3 is 2.22 bits per heavy atom. The van der Waals surface area contributed by atoms with Crippen molar-refractivity contribution in [3.8, 4) is 0 Å². The SMILES string of the molecule is CC(C)=CCC[C@@](C)(O)C1CC[C@@]2(C)C1[C@@H](O)CC1[C@@]3(C)CCC(O)C(C)(C)C3[C@H](O[C@@H]3O[C@H](CO)[C@@H](O)[C@H](O)[C@H]3O)C[C@]12C. The maximum atomic E-state index is 12.1. The van der Waals surface area contributed by atoms with Gasteiger partial charge in [-0.05, 0) is 117 Å². The fraction of sp³-hybridized carbons (Fsp3) is 0.944. The van der Waals surface area contributed by atoms with Gasteiger partial charge in [0, 0.05) is 0 Å². The van der Waals surface area contributed by atoms with Gasteiger partial charge in [0.05, 0.1) is 30.5 Å². The van der Waals surface area contributed by atoms with Crippen molar-refractivity contribution >= 4 is 0 Å². The van der Waals surface area contributed by atoms with Gasteiger partial charge in [-0.3, -0.25) is 0 Å². The minimum Gasteiger partial charge on any atom is -0.394 e. The van der Waals surface area contributed by atoms with Crippen molar-refractivity contribution in [2.75, 3.05) is 6.61 Å². The van der Waals surface area contributed by atoms with E-state index in [2.05, 4.69) is 54.5 Å².